The lowest BCUT2D eigenvalue weighted by Gasteiger charge is -2.44. The molecule has 4 aliphatic heterocycles. The maximum Gasteiger partial charge on any atom is 0.259 e. The standard InChI is InChI=1S/C41H47ClFN7O5/c1-47-22-31(29-9-12-44-19-30(29)41(47)54)25-16-33(42)32(37(17-25)55-2)23-50-27-4-5-28(50)21-49(20-27)39(52)15-24-10-13-48(14-11-24)36-7-3-26(18-34(36)43)45-35-6-8-38(51)46-40(35)53/h3,7,9,12,16-19,22,24,27-28,35,39,45,52H,4-6,8,10-11,13-15,20-21,23H2,1-2H3,(H,46,51,53). The van der Waals surface area contributed by atoms with E-state index in [9.17, 15) is 19.5 Å². The van der Waals surface area contributed by atoms with Crippen LogP contribution in [0.5, 0.6) is 5.75 Å². The first-order valence-electron chi connectivity index (χ1n) is 19.2. The number of nitrogens with one attached hydrogen (secondary N) is 2. The van der Waals surface area contributed by atoms with E-state index in [1.54, 1.807) is 43.3 Å². The van der Waals surface area contributed by atoms with Crippen molar-refractivity contribution in [1.29, 1.82) is 0 Å². The quantitative estimate of drug-likeness (QED) is 0.192. The monoisotopic (exact) mass is 771 g/mol. The molecule has 8 rings (SSSR count). The van der Waals surface area contributed by atoms with Gasteiger partial charge in [0.1, 0.15) is 23.8 Å². The number of carbonyl (C=O) groups excluding carboxylic acids is 2. The molecule has 0 radical (unpaired) electrons. The molecule has 0 spiro atoms. The Kier molecular flexibility index (Phi) is 10.5. The van der Waals surface area contributed by atoms with Gasteiger partial charge in [0, 0.05) is 98.7 Å². The number of rotatable bonds is 10. The van der Waals surface area contributed by atoms with Crippen molar-refractivity contribution in [3.05, 3.63) is 81.7 Å². The molecular formula is C41H47ClFN7O5. The van der Waals surface area contributed by atoms with Crippen LogP contribution in [0.1, 0.15) is 50.5 Å². The van der Waals surface area contributed by atoms with E-state index in [-0.39, 0.29) is 41.7 Å². The lowest BCUT2D eigenvalue weighted by atomic mass is 9.92. The highest BCUT2D eigenvalue weighted by atomic mass is 35.5. The van der Waals surface area contributed by atoms with E-state index in [1.165, 1.54) is 6.07 Å². The van der Waals surface area contributed by atoms with Crippen LogP contribution in [-0.4, -0.2) is 93.9 Å². The number of methoxy groups -OCH3 is 1. The summed E-state index contributed by atoms with van der Waals surface area (Å²) >= 11 is 7.03. The van der Waals surface area contributed by atoms with Gasteiger partial charge in [-0.1, -0.05) is 11.6 Å². The van der Waals surface area contributed by atoms with Crippen molar-refractivity contribution in [2.45, 2.75) is 75.8 Å². The Bertz CT molecular complexity index is 2160. The molecule has 4 unspecified atom stereocenters. The summed E-state index contributed by atoms with van der Waals surface area (Å²) < 4.78 is 22.7. The van der Waals surface area contributed by atoms with Gasteiger partial charge in [-0.3, -0.25) is 34.5 Å². The molecule has 2 bridgehead atoms. The van der Waals surface area contributed by atoms with Crippen LogP contribution in [0, 0.1) is 11.7 Å². The second-order valence-electron chi connectivity index (χ2n) is 15.5. The number of hydrogen-bond acceptors (Lipinski definition) is 10. The Morgan fingerprint density at radius 2 is 1.80 bits per heavy atom. The van der Waals surface area contributed by atoms with Gasteiger partial charge in [0.15, 0.2) is 0 Å². The molecule has 4 atom stereocenters. The van der Waals surface area contributed by atoms with Crippen LogP contribution in [-0.2, 0) is 23.2 Å². The number of aryl methyl sites for hydroxylation is 1. The molecule has 4 aliphatic rings. The van der Waals surface area contributed by atoms with Gasteiger partial charge >= 0.3 is 0 Å². The van der Waals surface area contributed by atoms with Gasteiger partial charge in [0.05, 0.1) is 18.2 Å². The third-order valence-electron chi connectivity index (χ3n) is 12.1. The summed E-state index contributed by atoms with van der Waals surface area (Å²) in [4.78, 5) is 47.3. The van der Waals surface area contributed by atoms with Crippen molar-refractivity contribution in [2.75, 3.05) is 43.5 Å². The fourth-order valence-electron chi connectivity index (χ4n) is 9.09. The number of piperazine rings is 1. The number of carbonyl (C=O) groups is 2. The van der Waals surface area contributed by atoms with Gasteiger partial charge in [-0.25, -0.2) is 4.39 Å². The molecular weight excluding hydrogens is 725 g/mol. The number of piperidine rings is 2. The number of pyridine rings is 2. The Morgan fingerprint density at radius 1 is 1.04 bits per heavy atom. The van der Waals surface area contributed by atoms with Crippen molar-refractivity contribution in [3.8, 4) is 16.9 Å². The number of halogens is 2. The summed E-state index contributed by atoms with van der Waals surface area (Å²) in [5.74, 6) is 0.00620. The Hall–Kier alpha value is -4.56. The average molecular weight is 772 g/mol. The summed E-state index contributed by atoms with van der Waals surface area (Å²) in [6.07, 6.45) is 9.71. The molecule has 14 heteroatoms. The minimum absolute atomic E-state index is 0.106. The van der Waals surface area contributed by atoms with E-state index >= 15 is 4.39 Å². The molecule has 6 heterocycles. The summed E-state index contributed by atoms with van der Waals surface area (Å²) in [6.45, 7) is 3.59. The summed E-state index contributed by atoms with van der Waals surface area (Å²) in [7, 11) is 3.39. The number of amides is 2. The first kappa shape index (κ1) is 37.4. The number of benzene rings is 2. The molecule has 4 saturated heterocycles. The average Bonchev–Trinajstić information content (AvgIpc) is 3.39. The molecule has 12 nitrogen and oxygen atoms in total. The normalized spacial score (nSPS) is 22.9. The van der Waals surface area contributed by atoms with Crippen LogP contribution >= 0.6 is 11.6 Å². The maximum absolute atomic E-state index is 15.3. The molecule has 0 aliphatic carbocycles. The topological polar surface area (TPSA) is 132 Å². The van der Waals surface area contributed by atoms with E-state index in [4.69, 9.17) is 16.3 Å². The highest BCUT2D eigenvalue weighted by Gasteiger charge is 2.42. The van der Waals surface area contributed by atoms with Crippen molar-refractivity contribution in [1.82, 2.24) is 24.7 Å². The third-order valence-corrected chi connectivity index (χ3v) is 12.5. The molecule has 2 aromatic heterocycles. The number of aliphatic hydroxyl groups is 1. The smallest absolute Gasteiger partial charge is 0.259 e. The molecule has 4 aromatic rings. The van der Waals surface area contributed by atoms with Gasteiger partial charge in [0.25, 0.3) is 5.56 Å². The van der Waals surface area contributed by atoms with Crippen LogP contribution in [0.15, 0.2) is 59.8 Å². The molecule has 3 N–H and O–H groups in total. The molecule has 4 fully saturated rings. The number of hydrogen-bond donors (Lipinski definition) is 3. The summed E-state index contributed by atoms with van der Waals surface area (Å²) in [6, 6.07) is 10.7. The number of fused-ring (bicyclic) bond motifs is 3. The van der Waals surface area contributed by atoms with Crippen molar-refractivity contribution >= 4 is 45.6 Å². The van der Waals surface area contributed by atoms with Crippen LogP contribution in [0.3, 0.4) is 0 Å². The lowest BCUT2D eigenvalue weighted by Crippen LogP contribution is -2.56. The number of anilines is 2. The number of aromatic nitrogens is 2. The first-order chi connectivity index (χ1) is 26.6. The molecule has 0 saturated carbocycles. The first-order valence-corrected chi connectivity index (χ1v) is 19.6. The fourth-order valence-corrected chi connectivity index (χ4v) is 9.36. The second-order valence-corrected chi connectivity index (χ2v) is 15.9. The number of imide groups is 1. The van der Waals surface area contributed by atoms with E-state index in [0.29, 0.717) is 65.9 Å². The van der Waals surface area contributed by atoms with E-state index < -0.39 is 12.3 Å². The van der Waals surface area contributed by atoms with Gasteiger partial charge in [0.2, 0.25) is 11.8 Å². The minimum atomic E-state index is -0.566. The zero-order valence-electron chi connectivity index (χ0n) is 31.1. The van der Waals surface area contributed by atoms with Crippen LogP contribution in [0.2, 0.25) is 5.02 Å². The van der Waals surface area contributed by atoms with Crippen molar-refractivity contribution < 1.29 is 23.8 Å². The maximum atomic E-state index is 15.3. The second kappa shape index (κ2) is 15.5. The van der Waals surface area contributed by atoms with Crippen molar-refractivity contribution in [2.24, 2.45) is 13.0 Å². The summed E-state index contributed by atoms with van der Waals surface area (Å²) in [5.41, 5.74) is 3.60. The van der Waals surface area contributed by atoms with Crippen LogP contribution in [0.25, 0.3) is 21.9 Å². The molecule has 2 aromatic carbocycles. The van der Waals surface area contributed by atoms with E-state index in [0.717, 1.165) is 60.8 Å². The highest BCUT2D eigenvalue weighted by Crippen LogP contribution is 2.40. The Balaban J connectivity index is 0.867. The van der Waals surface area contributed by atoms with Crippen LogP contribution in [0.4, 0.5) is 15.8 Å². The Labute approximate surface area is 324 Å². The van der Waals surface area contributed by atoms with Gasteiger partial charge in [-0.2, -0.15) is 0 Å². The minimum Gasteiger partial charge on any atom is -0.496 e. The molecule has 2 amide bonds. The summed E-state index contributed by atoms with van der Waals surface area (Å²) in [5, 5.41) is 18.8. The molecule has 290 valence electrons. The predicted molar refractivity (Wildman–Crippen MR) is 210 cm³/mol. The van der Waals surface area contributed by atoms with Gasteiger partial charge < -0.3 is 24.6 Å². The third kappa shape index (κ3) is 7.54. The van der Waals surface area contributed by atoms with Gasteiger partial charge in [-0.05, 0) is 91.8 Å². The van der Waals surface area contributed by atoms with E-state index in [2.05, 4.69) is 30.3 Å². The fraction of sp³-hybridized carbons (Fsp3) is 0.463. The van der Waals surface area contributed by atoms with Gasteiger partial charge in [-0.15, -0.1) is 0 Å². The van der Waals surface area contributed by atoms with E-state index in [1.807, 2.05) is 24.4 Å². The predicted octanol–water partition coefficient (Wildman–Crippen LogP) is 4.89. The number of likely N-dealkylation sites (tertiary alicyclic amines) is 1. The Morgan fingerprint density at radius 3 is 2.51 bits per heavy atom. The number of ether oxygens (including phenoxy) is 1. The lowest BCUT2D eigenvalue weighted by molar-refractivity contribution is -0.133. The number of nitrogens with zero attached hydrogens (tertiary/aromatic N) is 5. The van der Waals surface area contributed by atoms with Crippen LogP contribution < -0.4 is 25.8 Å². The largest absolute Gasteiger partial charge is 0.496 e. The molecule has 55 heavy (non-hydrogen) atoms. The highest BCUT2D eigenvalue weighted by molar-refractivity contribution is 6.32. The van der Waals surface area contributed by atoms with Crippen molar-refractivity contribution in [3.63, 3.8) is 0 Å². The number of aliphatic hydroxyl groups excluding tert-OH is 1. The SMILES string of the molecule is COc1cc(-c2cn(C)c(=O)c3cnccc23)cc(Cl)c1CN1C2CCC1CN(C(O)CC1CCN(c3ccc(NC4CCC(=O)NC4=O)cc3F)CC1)C2. The zero-order valence-corrected chi connectivity index (χ0v) is 31.9. The zero-order chi connectivity index (χ0) is 38.4.